The van der Waals surface area contributed by atoms with Gasteiger partial charge in [0.15, 0.2) is 0 Å². The van der Waals surface area contributed by atoms with Gasteiger partial charge in [0.05, 0.1) is 5.56 Å². The van der Waals surface area contributed by atoms with Gasteiger partial charge < -0.3 is 5.11 Å². The standard InChI is InChI=1S/C12H13FO3/c1-6(2)11(15)12(16)8-4-5-9(14)7(3)10(8)13/h4-6,14H,1-3H3. The molecule has 0 spiro atoms. The second-order valence-corrected chi connectivity index (χ2v) is 3.92. The van der Waals surface area contributed by atoms with Gasteiger partial charge >= 0.3 is 0 Å². The van der Waals surface area contributed by atoms with Crippen LogP contribution in [0.3, 0.4) is 0 Å². The number of aromatic hydroxyl groups is 1. The minimum atomic E-state index is -0.851. The first-order valence-corrected chi connectivity index (χ1v) is 4.92. The Kier molecular flexibility index (Phi) is 3.42. The van der Waals surface area contributed by atoms with Crippen LogP contribution in [0.4, 0.5) is 4.39 Å². The van der Waals surface area contributed by atoms with Gasteiger partial charge in [0.2, 0.25) is 11.6 Å². The van der Waals surface area contributed by atoms with Gasteiger partial charge in [-0.15, -0.1) is 0 Å². The summed E-state index contributed by atoms with van der Waals surface area (Å²) in [5, 5.41) is 9.22. The van der Waals surface area contributed by atoms with Gasteiger partial charge in [-0.2, -0.15) is 0 Å². The molecule has 0 aromatic heterocycles. The zero-order chi connectivity index (χ0) is 12.5. The monoisotopic (exact) mass is 224 g/mol. The summed E-state index contributed by atoms with van der Waals surface area (Å²) in [7, 11) is 0. The minimum Gasteiger partial charge on any atom is -0.508 e. The molecule has 0 saturated carbocycles. The van der Waals surface area contributed by atoms with Crippen molar-refractivity contribution < 1.29 is 19.1 Å². The SMILES string of the molecule is Cc1c(O)ccc(C(=O)C(=O)C(C)C)c1F. The topological polar surface area (TPSA) is 54.4 Å². The maximum atomic E-state index is 13.6. The van der Waals surface area contributed by atoms with Crippen LogP contribution in [0.25, 0.3) is 0 Å². The molecule has 3 nitrogen and oxygen atoms in total. The van der Waals surface area contributed by atoms with E-state index in [1.807, 2.05) is 0 Å². The van der Waals surface area contributed by atoms with E-state index in [0.717, 1.165) is 6.07 Å². The average Bonchev–Trinajstić information content (AvgIpc) is 2.24. The van der Waals surface area contributed by atoms with Crippen LogP contribution >= 0.6 is 0 Å². The van der Waals surface area contributed by atoms with Crippen LogP contribution in [0.1, 0.15) is 29.8 Å². The first-order valence-electron chi connectivity index (χ1n) is 4.92. The van der Waals surface area contributed by atoms with E-state index in [1.54, 1.807) is 13.8 Å². The number of hydrogen-bond acceptors (Lipinski definition) is 3. The third-order valence-corrected chi connectivity index (χ3v) is 2.35. The number of carbonyl (C=O) groups is 2. The highest BCUT2D eigenvalue weighted by Crippen LogP contribution is 2.23. The third kappa shape index (κ3) is 2.10. The molecule has 1 N–H and O–H groups in total. The molecule has 0 aliphatic rings. The average molecular weight is 224 g/mol. The molecule has 0 saturated heterocycles. The summed E-state index contributed by atoms with van der Waals surface area (Å²) in [5.41, 5.74) is -0.309. The van der Waals surface area contributed by atoms with E-state index < -0.39 is 23.3 Å². The van der Waals surface area contributed by atoms with Crippen molar-refractivity contribution in [3.63, 3.8) is 0 Å². The fourth-order valence-corrected chi connectivity index (χ4v) is 1.25. The number of phenols is 1. The molecule has 0 radical (unpaired) electrons. The van der Waals surface area contributed by atoms with Crippen molar-refractivity contribution >= 4 is 11.6 Å². The molecule has 0 heterocycles. The van der Waals surface area contributed by atoms with Crippen molar-refractivity contribution in [2.24, 2.45) is 5.92 Å². The zero-order valence-corrected chi connectivity index (χ0v) is 9.37. The van der Waals surface area contributed by atoms with Gasteiger partial charge in [-0.05, 0) is 19.1 Å². The summed E-state index contributed by atoms with van der Waals surface area (Å²) in [5.74, 6) is -3.02. The Morgan fingerprint density at radius 3 is 2.38 bits per heavy atom. The number of hydrogen-bond donors (Lipinski definition) is 1. The first kappa shape index (κ1) is 12.4. The van der Waals surface area contributed by atoms with E-state index in [4.69, 9.17) is 0 Å². The summed E-state index contributed by atoms with van der Waals surface area (Å²) in [4.78, 5) is 23.0. The van der Waals surface area contributed by atoms with Crippen molar-refractivity contribution in [3.8, 4) is 5.75 Å². The van der Waals surface area contributed by atoms with Gasteiger partial charge in [0, 0.05) is 11.5 Å². The van der Waals surface area contributed by atoms with Gasteiger partial charge in [0.25, 0.3) is 0 Å². The Bertz CT molecular complexity index is 450. The van der Waals surface area contributed by atoms with Crippen molar-refractivity contribution in [2.45, 2.75) is 20.8 Å². The highest BCUT2D eigenvalue weighted by atomic mass is 19.1. The largest absolute Gasteiger partial charge is 0.508 e. The molecular weight excluding hydrogens is 211 g/mol. The van der Waals surface area contributed by atoms with Gasteiger partial charge in [-0.3, -0.25) is 9.59 Å². The Hall–Kier alpha value is -1.71. The second kappa shape index (κ2) is 4.43. The van der Waals surface area contributed by atoms with Crippen LogP contribution in [0.5, 0.6) is 5.75 Å². The van der Waals surface area contributed by atoms with Crippen LogP contribution in [0.15, 0.2) is 12.1 Å². The zero-order valence-electron chi connectivity index (χ0n) is 9.37. The molecule has 0 amide bonds. The number of rotatable bonds is 3. The first-order chi connectivity index (χ1) is 7.36. The fraction of sp³-hybridized carbons (Fsp3) is 0.333. The van der Waals surface area contributed by atoms with E-state index in [9.17, 15) is 19.1 Å². The highest BCUT2D eigenvalue weighted by Gasteiger charge is 2.23. The second-order valence-electron chi connectivity index (χ2n) is 3.92. The molecule has 0 aliphatic heterocycles. The molecule has 0 bridgehead atoms. The molecular formula is C12H13FO3. The minimum absolute atomic E-state index is 0.0255. The van der Waals surface area contributed by atoms with Gasteiger partial charge in [-0.1, -0.05) is 13.8 Å². The number of ketones is 2. The Balaban J connectivity index is 3.21. The van der Waals surface area contributed by atoms with Crippen molar-refractivity contribution in [1.29, 1.82) is 0 Å². The quantitative estimate of drug-likeness (QED) is 0.632. The highest BCUT2D eigenvalue weighted by molar-refractivity contribution is 6.44. The third-order valence-electron chi connectivity index (χ3n) is 2.35. The molecule has 16 heavy (non-hydrogen) atoms. The van der Waals surface area contributed by atoms with Crippen molar-refractivity contribution in [3.05, 3.63) is 29.1 Å². The molecule has 1 aromatic carbocycles. The Labute approximate surface area is 92.9 Å². The van der Waals surface area contributed by atoms with E-state index in [1.165, 1.54) is 13.0 Å². The molecule has 0 fully saturated rings. The normalized spacial score (nSPS) is 10.6. The fourth-order valence-electron chi connectivity index (χ4n) is 1.25. The predicted molar refractivity (Wildman–Crippen MR) is 57.0 cm³/mol. The Morgan fingerprint density at radius 2 is 1.88 bits per heavy atom. The lowest BCUT2D eigenvalue weighted by Crippen LogP contribution is -2.21. The number of Topliss-reactive ketones (excluding diaryl/α,β-unsaturated/α-hetero) is 2. The van der Waals surface area contributed by atoms with E-state index in [0.29, 0.717) is 0 Å². The van der Waals surface area contributed by atoms with E-state index in [-0.39, 0.29) is 16.9 Å². The predicted octanol–water partition coefficient (Wildman–Crippen LogP) is 2.25. The molecule has 0 aliphatic carbocycles. The lowest BCUT2D eigenvalue weighted by Gasteiger charge is -2.07. The Morgan fingerprint density at radius 1 is 1.31 bits per heavy atom. The van der Waals surface area contributed by atoms with Crippen molar-refractivity contribution in [1.82, 2.24) is 0 Å². The molecule has 86 valence electrons. The van der Waals surface area contributed by atoms with Crippen LogP contribution in [-0.4, -0.2) is 16.7 Å². The molecule has 0 unspecified atom stereocenters. The summed E-state index contributed by atoms with van der Waals surface area (Å²) in [6.07, 6.45) is 0. The summed E-state index contributed by atoms with van der Waals surface area (Å²) in [6.45, 7) is 4.50. The summed E-state index contributed by atoms with van der Waals surface area (Å²) in [6, 6.07) is 2.33. The van der Waals surface area contributed by atoms with E-state index >= 15 is 0 Å². The van der Waals surface area contributed by atoms with Crippen LogP contribution in [0.2, 0.25) is 0 Å². The molecule has 1 aromatic rings. The summed E-state index contributed by atoms with van der Waals surface area (Å²) < 4.78 is 13.6. The number of benzene rings is 1. The van der Waals surface area contributed by atoms with Crippen LogP contribution in [-0.2, 0) is 4.79 Å². The van der Waals surface area contributed by atoms with Crippen LogP contribution in [0, 0.1) is 18.7 Å². The van der Waals surface area contributed by atoms with E-state index in [2.05, 4.69) is 0 Å². The lowest BCUT2D eigenvalue weighted by molar-refractivity contribution is -0.117. The van der Waals surface area contributed by atoms with Crippen molar-refractivity contribution in [2.75, 3.05) is 0 Å². The number of halogens is 1. The number of carbonyl (C=O) groups excluding carboxylic acids is 2. The van der Waals surface area contributed by atoms with Crippen LogP contribution < -0.4 is 0 Å². The number of phenolic OH excluding ortho intramolecular Hbond substituents is 1. The molecule has 4 heteroatoms. The maximum Gasteiger partial charge on any atom is 0.231 e. The lowest BCUT2D eigenvalue weighted by atomic mass is 9.97. The molecule has 0 atom stereocenters. The van der Waals surface area contributed by atoms with Gasteiger partial charge in [-0.25, -0.2) is 4.39 Å². The molecule has 1 rings (SSSR count). The smallest absolute Gasteiger partial charge is 0.231 e. The van der Waals surface area contributed by atoms with Gasteiger partial charge in [0.1, 0.15) is 11.6 Å². The maximum absolute atomic E-state index is 13.6. The summed E-state index contributed by atoms with van der Waals surface area (Å²) >= 11 is 0.